The maximum Gasteiger partial charge on any atom is 0.217 e. The van der Waals surface area contributed by atoms with Gasteiger partial charge in [0.25, 0.3) is 0 Å². The van der Waals surface area contributed by atoms with E-state index in [9.17, 15) is 4.79 Å². The number of rotatable bonds is 2. The van der Waals surface area contributed by atoms with Crippen LogP contribution in [0.25, 0.3) is 0 Å². The normalized spacial score (nSPS) is 22.8. The summed E-state index contributed by atoms with van der Waals surface area (Å²) in [5, 5.41) is 3.03. The van der Waals surface area contributed by atoms with Crippen LogP contribution in [0.4, 0.5) is 0 Å². The fraction of sp³-hybridized carbons (Fsp3) is 0.500. The second-order valence-corrected chi connectivity index (χ2v) is 4.67. The number of fused-ring (bicyclic) bond motifs is 1. The van der Waals surface area contributed by atoms with E-state index in [2.05, 4.69) is 18.3 Å². The van der Waals surface area contributed by atoms with Gasteiger partial charge in [0, 0.05) is 24.4 Å². The molecule has 2 atom stereocenters. The van der Waals surface area contributed by atoms with Gasteiger partial charge in [0.05, 0.1) is 7.11 Å². The van der Waals surface area contributed by atoms with Crippen LogP contribution in [0.5, 0.6) is 5.75 Å². The van der Waals surface area contributed by atoms with E-state index in [-0.39, 0.29) is 11.9 Å². The van der Waals surface area contributed by atoms with E-state index in [0.29, 0.717) is 5.92 Å². The van der Waals surface area contributed by atoms with Crippen molar-refractivity contribution in [1.82, 2.24) is 5.32 Å². The minimum Gasteiger partial charge on any atom is -0.496 e. The van der Waals surface area contributed by atoms with Gasteiger partial charge < -0.3 is 10.1 Å². The lowest BCUT2D eigenvalue weighted by molar-refractivity contribution is -0.119. The Bertz CT molecular complexity index is 414. The molecule has 3 nitrogen and oxygen atoms in total. The number of benzene rings is 1. The number of aryl methyl sites for hydroxylation is 1. The molecule has 1 aliphatic carbocycles. The van der Waals surface area contributed by atoms with Crippen LogP contribution in [0.3, 0.4) is 0 Å². The Morgan fingerprint density at radius 3 is 2.88 bits per heavy atom. The maximum absolute atomic E-state index is 11.2. The maximum atomic E-state index is 11.2. The van der Waals surface area contributed by atoms with E-state index >= 15 is 0 Å². The Labute approximate surface area is 102 Å². The topological polar surface area (TPSA) is 38.3 Å². The monoisotopic (exact) mass is 233 g/mol. The summed E-state index contributed by atoms with van der Waals surface area (Å²) < 4.78 is 5.42. The zero-order valence-corrected chi connectivity index (χ0v) is 10.6. The van der Waals surface area contributed by atoms with E-state index in [1.165, 1.54) is 11.1 Å². The molecule has 2 rings (SSSR count). The zero-order valence-electron chi connectivity index (χ0n) is 10.6. The number of hydrogen-bond acceptors (Lipinski definition) is 2. The molecule has 2 unspecified atom stereocenters. The minimum atomic E-state index is 0.0418. The van der Waals surface area contributed by atoms with Gasteiger partial charge in [-0.1, -0.05) is 19.1 Å². The predicted molar refractivity (Wildman–Crippen MR) is 67.3 cm³/mol. The van der Waals surface area contributed by atoms with Crippen LogP contribution < -0.4 is 10.1 Å². The van der Waals surface area contributed by atoms with E-state index < -0.39 is 0 Å². The van der Waals surface area contributed by atoms with E-state index in [4.69, 9.17) is 4.74 Å². The van der Waals surface area contributed by atoms with Crippen molar-refractivity contribution in [2.45, 2.75) is 38.6 Å². The molecule has 0 bridgehead atoms. The van der Waals surface area contributed by atoms with Crippen molar-refractivity contribution in [3.63, 3.8) is 0 Å². The molecule has 1 amide bonds. The van der Waals surface area contributed by atoms with E-state index in [1.807, 2.05) is 12.1 Å². The number of methoxy groups -OCH3 is 1. The molecule has 0 saturated carbocycles. The number of ether oxygens (including phenoxy) is 1. The second-order valence-electron chi connectivity index (χ2n) is 4.67. The van der Waals surface area contributed by atoms with Crippen molar-refractivity contribution in [3.05, 3.63) is 29.3 Å². The van der Waals surface area contributed by atoms with Crippen LogP contribution in [0, 0.1) is 0 Å². The molecular weight excluding hydrogens is 214 g/mol. The highest BCUT2D eigenvalue weighted by Gasteiger charge is 2.29. The Morgan fingerprint density at radius 1 is 1.47 bits per heavy atom. The molecule has 92 valence electrons. The molecule has 17 heavy (non-hydrogen) atoms. The first-order chi connectivity index (χ1) is 8.13. The average molecular weight is 233 g/mol. The molecule has 1 aromatic rings. The van der Waals surface area contributed by atoms with Gasteiger partial charge in [-0.15, -0.1) is 0 Å². The summed E-state index contributed by atoms with van der Waals surface area (Å²) in [5.74, 6) is 1.28. The zero-order chi connectivity index (χ0) is 12.4. The van der Waals surface area contributed by atoms with Gasteiger partial charge in [-0.2, -0.15) is 0 Å². The van der Waals surface area contributed by atoms with Crippen molar-refractivity contribution in [2.24, 2.45) is 0 Å². The van der Waals surface area contributed by atoms with Crippen LogP contribution in [0.2, 0.25) is 0 Å². The van der Waals surface area contributed by atoms with Crippen molar-refractivity contribution in [2.75, 3.05) is 7.11 Å². The van der Waals surface area contributed by atoms with Gasteiger partial charge >= 0.3 is 0 Å². The quantitative estimate of drug-likeness (QED) is 0.850. The van der Waals surface area contributed by atoms with Crippen LogP contribution in [-0.4, -0.2) is 19.1 Å². The second kappa shape index (κ2) is 4.78. The van der Waals surface area contributed by atoms with Gasteiger partial charge in [0.1, 0.15) is 5.75 Å². The molecule has 1 N–H and O–H groups in total. The van der Waals surface area contributed by atoms with Gasteiger partial charge in [-0.05, 0) is 24.5 Å². The third-order valence-corrected chi connectivity index (χ3v) is 3.55. The van der Waals surface area contributed by atoms with Crippen molar-refractivity contribution >= 4 is 5.91 Å². The highest BCUT2D eigenvalue weighted by molar-refractivity contribution is 5.73. The SMILES string of the molecule is COc1cccc2c1C(C)C(NC(C)=O)CC2. The molecule has 0 saturated heterocycles. The van der Waals surface area contributed by atoms with E-state index in [0.717, 1.165) is 18.6 Å². The third kappa shape index (κ3) is 2.28. The fourth-order valence-corrected chi connectivity index (χ4v) is 2.72. The first-order valence-electron chi connectivity index (χ1n) is 6.06. The predicted octanol–water partition coefficient (Wildman–Crippen LogP) is 2.25. The summed E-state index contributed by atoms with van der Waals surface area (Å²) >= 11 is 0. The summed E-state index contributed by atoms with van der Waals surface area (Å²) in [7, 11) is 1.70. The molecule has 0 heterocycles. The average Bonchev–Trinajstić information content (AvgIpc) is 2.31. The van der Waals surface area contributed by atoms with Gasteiger partial charge in [0.15, 0.2) is 0 Å². The number of nitrogens with one attached hydrogen (secondary N) is 1. The summed E-state index contributed by atoms with van der Waals surface area (Å²) in [6, 6.07) is 6.39. The van der Waals surface area contributed by atoms with Crippen molar-refractivity contribution < 1.29 is 9.53 Å². The lowest BCUT2D eigenvalue weighted by Gasteiger charge is -2.32. The van der Waals surface area contributed by atoms with Crippen LogP contribution >= 0.6 is 0 Å². The summed E-state index contributed by atoms with van der Waals surface area (Å²) in [4.78, 5) is 11.2. The first kappa shape index (κ1) is 12.0. The molecule has 0 spiro atoms. The lowest BCUT2D eigenvalue weighted by atomic mass is 9.79. The van der Waals surface area contributed by atoms with Crippen molar-refractivity contribution in [1.29, 1.82) is 0 Å². The number of amides is 1. The number of carbonyl (C=O) groups is 1. The highest BCUT2D eigenvalue weighted by atomic mass is 16.5. The standard InChI is InChI=1S/C14H19NO2/c1-9-12(15-10(2)16)8-7-11-5-4-6-13(17-3)14(9)11/h4-6,9,12H,7-8H2,1-3H3,(H,15,16). The number of hydrogen-bond donors (Lipinski definition) is 1. The Balaban J connectivity index is 2.33. The van der Waals surface area contributed by atoms with Crippen molar-refractivity contribution in [3.8, 4) is 5.75 Å². The Hall–Kier alpha value is -1.51. The Kier molecular flexibility index (Phi) is 3.36. The molecule has 0 aliphatic heterocycles. The minimum absolute atomic E-state index is 0.0418. The largest absolute Gasteiger partial charge is 0.496 e. The molecule has 1 aromatic carbocycles. The molecular formula is C14H19NO2. The highest BCUT2D eigenvalue weighted by Crippen LogP contribution is 2.37. The summed E-state index contributed by atoms with van der Waals surface area (Å²) in [6.45, 7) is 3.73. The lowest BCUT2D eigenvalue weighted by Crippen LogP contribution is -2.40. The fourth-order valence-electron chi connectivity index (χ4n) is 2.72. The summed E-state index contributed by atoms with van der Waals surface area (Å²) in [6.07, 6.45) is 2.00. The van der Waals surface area contributed by atoms with Crippen LogP contribution in [-0.2, 0) is 11.2 Å². The smallest absolute Gasteiger partial charge is 0.217 e. The third-order valence-electron chi connectivity index (χ3n) is 3.55. The van der Waals surface area contributed by atoms with Gasteiger partial charge in [-0.3, -0.25) is 4.79 Å². The van der Waals surface area contributed by atoms with Gasteiger partial charge in [-0.25, -0.2) is 0 Å². The van der Waals surface area contributed by atoms with Gasteiger partial charge in [0.2, 0.25) is 5.91 Å². The number of carbonyl (C=O) groups excluding carboxylic acids is 1. The molecule has 0 aromatic heterocycles. The summed E-state index contributed by atoms with van der Waals surface area (Å²) in [5.41, 5.74) is 2.60. The molecule has 0 radical (unpaired) electrons. The first-order valence-corrected chi connectivity index (χ1v) is 6.06. The van der Waals surface area contributed by atoms with E-state index in [1.54, 1.807) is 14.0 Å². The van der Waals surface area contributed by atoms with Crippen LogP contribution in [0.1, 0.15) is 37.3 Å². The molecule has 0 fully saturated rings. The Morgan fingerprint density at radius 2 is 2.24 bits per heavy atom. The molecule has 3 heteroatoms. The molecule has 1 aliphatic rings. The van der Waals surface area contributed by atoms with Crippen LogP contribution in [0.15, 0.2) is 18.2 Å².